The van der Waals surface area contributed by atoms with Gasteiger partial charge in [-0.05, 0) is 48.2 Å². The van der Waals surface area contributed by atoms with Gasteiger partial charge in [-0.25, -0.2) is 0 Å². The molecule has 0 amide bonds. The summed E-state index contributed by atoms with van der Waals surface area (Å²) in [5.74, 6) is 3.82. The Bertz CT molecular complexity index is 1080. The highest BCUT2D eigenvalue weighted by Gasteiger charge is 2.33. The fourth-order valence-electron chi connectivity index (χ4n) is 4.55. The average Bonchev–Trinajstić information content (AvgIpc) is 2.84. The average molecular weight is 526 g/mol. The summed E-state index contributed by atoms with van der Waals surface area (Å²) in [7, 11) is 0.199. The highest BCUT2D eigenvalue weighted by molar-refractivity contribution is 9.10. The van der Waals surface area contributed by atoms with Gasteiger partial charge in [-0.3, -0.25) is 9.89 Å². The van der Waals surface area contributed by atoms with E-state index < -0.39 is 7.26 Å². The van der Waals surface area contributed by atoms with E-state index in [1.54, 1.807) is 7.11 Å². The van der Waals surface area contributed by atoms with E-state index in [-0.39, 0.29) is 6.17 Å². The van der Waals surface area contributed by atoms with Crippen molar-refractivity contribution in [2.24, 2.45) is 10.9 Å². The van der Waals surface area contributed by atoms with Gasteiger partial charge in [0.2, 0.25) is 5.81 Å². The molecule has 2 heterocycles. The number of ether oxygens (including phenoxy) is 1. The van der Waals surface area contributed by atoms with Crippen molar-refractivity contribution >= 4 is 35.0 Å². The summed E-state index contributed by atoms with van der Waals surface area (Å²) < 4.78 is 6.54. The number of nitriles is 1. The first kappa shape index (κ1) is 24.0. The number of nitrogens with one attached hydrogen (secondary N) is 1. The van der Waals surface area contributed by atoms with Crippen LogP contribution in [0.2, 0.25) is 0 Å². The van der Waals surface area contributed by atoms with Crippen LogP contribution in [0.25, 0.3) is 5.57 Å². The molecule has 7 heteroatoms. The second-order valence-electron chi connectivity index (χ2n) is 9.25. The van der Waals surface area contributed by atoms with E-state index in [4.69, 9.17) is 9.73 Å². The number of allylic oxidation sites excluding steroid dienone is 2. The van der Waals surface area contributed by atoms with Crippen LogP contribution in [0.15, 0.2) is 63.7 Å². The lowest BCUT2D eigenvalue weighted by Crippen LogP contribution is -2.38. The van der Waals surface area contributed by atoms with Gasteiger partial charge >= 0.3 is 0 Å². The first-order valence-corrected chi connectivity index (χ1v) is 14.9. The lowest BCUT2D eigenvalue weighted by atomic mass is 9.87. The lowest BCUT2D eigenvalue weighted by Gasteiger charge is -2.36. The van der Waals surface area contributed by atoms with Crippen LogP contribution in [-0.2, 0) is 0 Å². The van der Waals surface area contributed by atoms with Crippen molar-refractivity contribution in [3.8, 4) is 11.6 Å². The molecule has 0 radical (unpaired) electrons. The number of aliphatic imine (C=N–C) groups is 1. The largest absolute Gasteiger partial charge is 0.497 e. The monoisotopic (exact) mass is 525 g/mol. The summed E-state index contributed by atoms with van der Waals surface area (Å²) in [6, 6.07) is 16.6. The Morgan fingerprint density at radius 3 is 2.58 bits per heavy atom. The van der Waals surface area contributed by atoms with Gasteiger partial charge in [-0.1, -0.05) is 40.2 Å². The number of hydrogen-bond acceptors (Lipinski definition) is 5. The van der Waals surface area contributed by atoms with Gasteiger partial charge in [0, 0.05) is 41.0 Å². The summed E-state index contributed by atoms with van der Waals surface area (Å²) in [5.41, 5.74) is 4.68. The number of nitrogens with zero attached hydrogens (tertiary/aromatic N) is 3. The highest BCUT2D eigenvalue weighted by Crippen LogP contribution is 2.50. The van der Waals surface area contributed by atoms with Crippen LogP contribution in [-0.4, -0.2) is 50.9 Å². The smallest absolute Gasteiger partial charge is 0.239 e. The van der Waals surface area contributed by atoms with Crippen LogP contribution in [0.4, 0.5) is 0 Å². The Labute approximate surface area is 206 Å². The first-order chi connectivity index (χ1) is 15.9. The van der Waals surface area contributed by atoms with Crippen LogP contribution in [0, 0.1) is 17.0 Å². The van der Waals surface area contributed by atoms with Crippen molar-refractivity contribution < 1.29 is 4.74 Å². The maximum absolute atomic E-state index is 9.47. The molecule has 1 fully saturated rings. The van der Waals surface area contributed by atoms with Crippen molar-refractivity contribution in [2.45, 2.75) is 19.0 Å². The maximum atomic E-state index is 9.47. The molecule has 2 aromatic carbocycles. The number of likely N-dealkylation sites (tertiary alicyclic amines) is 1. The van der Waals surface area contributed by atoms with E-state index in [9.17, 15) is 5.26 Å². The zero-order valence-corrected chi connectivity index (χ0v) is 21.9. The molecule has 33 heavy (non-hydrogen) atoms. The second kappa shape index (κ2) is 10.4. The number of rotatable bonds is 6. The summed E-state index contributed by atoms with van der Waals surface area (Å²) in [4.78, 5) is 7.34. The number of methoxy groups -OCH3 is 1. The Balaban J connectivity index is 1.60. The van der Waals surface area contributed by atoms with Crippen molar-refractivity contribution in [1.29, 1.82) is 5.26 Å². The molecule has 1 N–H and O–H groups in total. The zero-order chi connectivity index (χ0) is 23.4. The predicted molar refractivity (Wildman–Crippen MR) is 142 cm³/mol. The van der Waals surface area contributed by atoms with Crippen LogP contribution in [0.3, 0.4) is 0 Å². The molecular weight excluding hydrogens is 495 g/mol. The van der Waals surface area contributed by atoms with E-state index in [1.165, 1.54) is 5.70 Å². The SMILES string of the molecule is COc1cccc(C2=C(C3CCN(C[P+](C)(C)C#N)CC3)NC(c3ccc(Br)cc3)N=C2)c1. The van der Waals surface area contributed by atoms with Crippen LogP contribution in [0.5, 0.6) is 5.75 Å². The molecule has 1 saturated heterocycles. The highest BCUT2D eigenvalue weighted by atomic mass is 79.9. The topological polar surface area (TPSA) is 60.6 Å². The number of halogens is 1. The minimum atomic E-state index is -1.50. The summed E-state index contributed by atoms with van der Waals surface area (Å²) in [5, 5.41) is 13.2. The molecule has 0 aliphatic carbocycles. The molecule has 1 atom stereocenters. The van der Waals surface area contributed by atoms with Gasteiger partial charge in [0.15, 0.2) is 0 Å². The molecule has 0 bridgehead atoms. The molecule has 0 aromatic heterocycles. The van der Waals surface area contributed by atoms with E-state index in [0.717, 1.165) is 59.1 Å². The second-order valence-corrected chi connectivity index (χ2v) is 14.0. The summed E-state index contributed by atoms with van der Waals surface area (Å²) in [6.45, 7) is 6.30. The predicted octanol–water partition coefficient (Wildman–Crippen LogP) is 5.97. The van der Waals surface area contributed by atoms with Crippen molar-refractivity contribution in [3.63, 3.8) is 0 Å². The first-order valence-electron chi connectivity index (χ1n) is 11.3. The molecule has 5 nitrogen and oxygen atoms in total. The fourth-order valence-corrected chi connectivity index (χ4v) is 6.16. The van der Waals surface area contributed by atoms with Gasteiger partial charge in [-0.15, -0.1) is 0 Å². The van der Waals surface area contributed by atoms with Gasteiger partial charge < -0.3 is 10.1 Å². The zero-order valence-electron chi connectivity index (χ0n) is 19.5. The third kappa shape index (κ3) is 5.84. The number of hydrogen-bond donors (Lipinski definition) is 1. The molecule has 4 rings (SSSR count). The molecule has 0 spiro atoms. The molecule has 2 aliphatic heterocycles. The molecule has 0 saturated carbocycles. The van der Waals surface area contributed by atoms with Gasteiger partial charge in [0.05, 0.1) is 20.4 Å². The Kier molecular flexibility index (Phi) is 7.54. The fraction of sp³-hybridized carbons (Fsp3) is 0.385. The van der Waals surface area contributed by atoms with Crippen molar-refractivity contribution in [3.05, 3.63) is 69.8 Å². The molecule has 172 valence electrons. The lowest BCUT2D eigenvalue weighted by molar-refractivity contribution is 0.221. The van der Waals surface area contributed by atoms with E-state index >= 15 is 0 Å². The third-order valence-electron chi connectivity index (χ3n) is 6.32. The number of piperidine rings is 1. The van der Waals surface area contributed by atoms with Crippen LogP contribution < -0.4 is 10.1 Å². The molecular formula is C26H31BrN4OP+. The van der Waals surface area contributed by atoms with Crippen LogP contribution >= 0.6 is 23.2 Å². The Hall–Kier alpha value is -2.19. The standard InChI is InChI=1S/C26H31BrN4OP/c1-32-23-6-4-5-21(15-23)24-16-29-26(20-7-9-22(27)10-8-20)30-25(24)19-11-13-31(14-12-19)18-33(2,3)17-28/h4-10,15-16,19,26,30H,11-14,18H2,1-3H3/q+1. The summed E-state index contributed by atoms with van der Waals surface area (Å²) >= 11 is 3.53. The van der Waals surface area contributed by atoms with Gasteiger partial charge in [0.25, 0.3) is 0 Å². The van der Waals surface area contributed by atoms with Crippen LogP contribution in [0.1, 0.15) is 30.1 Å². The third-order valence-corrected chi connectivity index (χ3v) is 8.50. The normalized spacial score (nSPS) is 19.8. The van der Waals surface area contributed by atoms with Gasteiger partial charge in [0.1, 0.15) is 25.5 Å². The van der Waals surface area contributed by atoms with Gasteiger partial charge in [-0.2, -0.15) is 5.26 Å². The van der Waals surface area contributed by atoms with Crippen molar-refractivity contribution in [1.82, 2.24) is 10.2 Å². The Morgan fingerprint density at radius 2 is 1.91 bits per heavy atom. The molecule has 2 aliphatic rings. The summed E-state index contributed by atoms with van der Waals surface area (Å²) in [6.07, 6.45) is 5.01. The van der Waals surface area contributed by atoms with E-state index in [1.807, 2.05) is 18.3 Å². The quantitative estimate of drug-likeness (QED) is 0.472. The molecule has 1 unspecified atom stereocenters. The minimum Gasteiger partial charge on any atom is -0.497 e. The maximum Gasteiger partial charge on any atom is 0.239 e. The molecule has 2 aromatic rings. The van der Waals surface area contributed by atoms with E-state index in [0.29, 0.717) is 5.92 Å². The number of benzene rings is 2. The van der Waals surface area contributed by atoms with E-state index in [2.05, 4.69) is 81.7 Å². The minimum absolute atomic E-state index is 0.0936. The van der Waals surface area contributed by atoms with Crippen molar-refractivity contribution in [2.75, 3.05) is 39.8 Å². The Morgan fingerprint density at radius 1 is 1.18 bits per heavy atom.